The van der Waals surface area contributed by atoms with Crippen molar-refractivity contribution in [2.75, 3.05) is 6.54 Å². The first kappa shape index (κ1) is 25.8. The van der Waals surface area contributed by atoms with Crippen LogP contribution < -0.4 is 0 Å². The van der Waals surface area contributed by atoms with Crippen LogP contribution in [0.5, 0.6) is 0 Å². The zero-order chi connectivity index (χ0) is 27.5. The molecular weight excluding hydrogens is 508 g/mol. The van der Waals surface area contributed by atoms with Gasteiger partial charge in [0.1, 0.15) is 5.82 Å². The van der Waals surface area contributed by atoms with E-state index in [9.17, 15) is 31.1 Å². The second-order valence-corrected chi connectivity index (χ2v) is 9.78. The maximum Gasteiger partial charge on any atom is 0.416 e. The van der Waals surface area contributed by atoms with E-state index in [0.717, 1.165) is 29.8 Å². The largest absolute Gasteiger partial charge is 0.416 e. The van der Waals surface area contributed by atoms with Crippen LogP contribution in [-0.2, 0) is 17.9 Å². The van der Waals surface area contributed by atoms with E-state index in [0.29, 0.717) is 36.3 Å². The number of imidazole rings is 1. The quantitative estimate of drug-likeness (QED) is 0.275. The van der Waals surface area contributed by atoms with Crippen molar-refractivity contribution >= 4 is 16.9 Å². The molecule has 10 heteroatoms. The van der Waals surface area contributed by atoms with Crippen molar-refractivity contribution in [2.45, 2.75) is 44.6 Å². The highest BCUT2D eigenvalue weighted by Gasteiger charge is 2.44. The topological polar surface area (TPSA) is 49.0 Å². The summed E-state index contributed by atoms with van der Waals surface area (Å²) < 4.78 is 79.7. The molecule has 4 nitrogen and oxygen atoms in total. The zero-order valence-corrected chi connectivity index (χ0v) is 20.5. The van der Waals surface area contributed by atoms with Crippen molar-refractivity contribution in [1.82, 2.24) is 14.9 Å². The Morgan fingerprint density at radius 2 is 1.66 bits per heavy atom. The fraction of sp³-hybridized carbons (Fsp3) is 0.286. The highest BCUT2D eigenvalue weighted by atomic mass is 19.4. The first-order valence-corrected chi connectivity index (χ1v) is 11.9. The summed E-state index contributed by atoms with van der Waals surface area (Å²) in [5, 5.41) is 0. The van der Waals surface area contributed by atoms with Gasteiger partial charge in [-0.05, 0) is 74.2 Å². The Balaban J connectivity index is 1.56. The van der Waals surface area contributed by atoms with Gasteiger partial charge in [0.15, 0.2) is 0 Å². The molecule has 1 fully saturated rings. The van der Waals surface area contributed by atoms with Gasteiger partial charge in [-0.1, -0.05) is 29.8 Å². The van der Waals surface area contributed by atoms with Gasteiger partial charge in [0.2, 0.25) is 0 Å². The number of amides is 1. The third kappa shape index (κ3) is 4.52. The summed E-state index contributed by atoms with van der Waals surface area (Å²) in [6.07, 6.45) is -7.91. The van der Waals surface area contributed by atoms with Crippen LogP contribution in [0.3, 0.4) is 0 Å². The van der Waals surface area contributed by atoms with Crippen molar-refractivity contribution < 1.29 is 31.1 Å². The Bertz CT molecular complexity index is 1540. The maximum absolute atomic E-state index is 14.0. The monoisotopic (exact) mass is 531 g/mol. The average molecular weight is 532 g/mol. The number of fused-ring (bicyclic) bond motifs is 1. The number of rotatable bonds is 3. The van der Waals surface area contributed by atoms with E-state index in [1.165, 1.54) is 18.2 Å². The molecule has 1 aromatic heterocycles. The molecule has 4 aromatic rings. The summed E-state index contributed by atoms with van der Waals surface area (Å²) in [4.78, 5) is 23.1. The lowest BCUT2D eigenvalue weighted by Gasteiger charge is -2.34. The van der Waals surface area contributed by atoms with E-state index in [2.05, 4.69) is 9.97 Å². The van der Waals surface area contributed by atoms with Gasteiger partial charge in [0.25, 0.3) is 5.91 Å². The molecule has 1 saturated heterocycles. The van der Waals surface area contributed by atoms with Gasteiger partial charge >= 0.3 is 12.4 Å². The van der Waals surface area contributed by atoms with E-state index in [-0.39, 0.29) is 16.6 Å². The Morgan fingerprint density at radius 1 is 0.947 bits per heavy atom. The number of H-pyrrole nitrogens is 1. The number of halogens is 6. The van der Waals surface area contributed by atoms with Gasteiger partial charge in [0.05, 0.1) is 27.7 Å². The molecular formula is C28H23F6N3O. The lowest BCUT2D eigenvalue weighted by atomic mass is 9.93. The first-order valence-electron chi connectivity index (χ1n) is 11.9. The number of aromatic amines is 1. The standard InChI is InChI=1S/C28H23F6N3O/c1-16-7-9-20(17-5-3-6-18(14-17)27(29,30)31)21(13-16)24(38)37-12-4-11-26(37,2)25-35-22-10-8-19(28(32,33)34)15-23(22)36-25/h3,5-10,13-15H,4,11-12H2,1-2H3,(H,35,36). The molecule has 0 aliphatic carbocycles. The summed E-state index contributed by atoms with van der Waals surface area (Å²) in [7, 11) is 0. The fourth-order valence-electron chi connectivity index (χ4n) is 5.07. The summed E-state index contributed by atoms with van der Waals surface area (Å²) in [5.74, 6) is -0.0384. The van der Waals surface area contributed by atoms with Gasteiger partial charge in [-0.25, -0.2) is 4.98 Å². The third-order valence-electron chi connectivity index (χ3n) is 7.11. The number of hydrogen-bond donors (Lipinski definition) is 1. The highest BCUT2D eigenvalue weighted by molar-refractivity contribution is 6.01. The SMILES string of the molecule is Cc1ccc(-c2cccc(C(F)(F)F)c2)c(C(=O)N2CCCC2(C)c2nc3ccc(C(F)(F)F)cc3[nH]2)c1. The zero-order valence-electron chi connectivity index (χ0n) is 20.5. The predicted molar refractivity (Wildman–Crippen MR) is 130 cm³/mol. The maximum atomic E-state index is 14.0. The Morgan fingerprint density at radius 3 is 2.37 bits per heavy atom. The molecule has 0 saturated carbocycles. The van der Waals surface area contributed by atoms with Crippen LogP contribution in [0, 0.1) is 6.92 Å². The van der Waals surface area contributed by atoms with Crippen molar-refractivity contribution in [3.8, 4) is 11.1 Å². The summed E-state index contributed by atoms with van der Waals surface area (Å²) in [6, 6.07) is 13.1. The van der Waals surface area contributed by atoms with Crippen molar-refractivity contribution in [1.29, 1.82) is 0 Å². The van der Waals surface area contributed by atoms with Gasteiger partial charge in [0, 0.05) is 12.1 Å². The Hall–Kier alpha value is -3.82. The first-order chi connectivity index (χ1) is 17.8. The number of carbonyl (C=O) groups excluding carboxylic acids is 1. The van der Waals surface area contributed by atoms with Crippen LogP contribution in [0.25, 0.3) is 22.2 Å². The molecule has 5 rings (SSSR count). The number of aryl methyl sites for hydroxylation is 1. The second kappa shape index (κ2) is 8.89. The number of alkyl halides is 6. The molecule has 38 heavy (non-hydrogen) atoms. The number of hydrogen-bond acceptors (Lipinski definition) is 2. The fourth-order valence-corrected chi connectivity index (χ4v) is 5.07. The molecule has 0 bridgehead atoms. The second-order valence-electron chi connectivity index (χ2n) is 9.78. The van der Waals surface area contributed by atoms with Gasteiger partial charge < -0.3 is 9.88 Å². The summed E-state index contributed by atoms with van der Waals surface area (Å²) >= 11 is 0. The van der Waals surface area contributed by atoms with Crippen molar-refractivity contribution in [2.24, 2.45) is 0 Å². The van der Waals surface area contributed by atoms with Gasteiger partial charge in [-0.2, -0.15) is 26.3 Å². The number of likely N-dealkylation sites (tertiary alicyclic amines) is 1. The van der Waals surface area contributed by atoms with E-state index >= 15 is 0 Å². The number of carbonyl (C=O) groups is 1. The predicted octanol–water partition coefficient (Wildman–Crippen LogP) is 7.73. The molecule has 1 aliphatic rings. The average Bonchev–Trinajstić information content (AvgIpc) is 3.46. The molecule has 0 spiro atoms. The lowest BCUT2D eigenvalue weighted by Crippen LogP contribution is -2.43. The van der Waals surface area contributed by atoms with Crippen molar-refractivity contribution in [3.63, 3.8) is 0 Å². The van der Waals surface area contributed by atoms with Crippen molar-refractivity contribution in [3.05, 3.63) is 88.7 Å². The minimum Gasteiger partial charge on any atom is -0.340 e. The minimum absolute atomic E-state index is 0.204. The smallest absolute Gasteiger partial charge is 0.340 e. The van der Waals surface area contributed by atoms with Crippen LogP contribution in [0.4, 0.5) is 26.3 Å². The van der Waals surface area contributed by atoms with Crippen LogP contribution in [0.2, 0.25) is 0 Å². The molecule has 1 amide bonds. The minimum atomic E-state index is -4.54. The van der Waals surface area contributed by atoms with Crippen LogP contribution in [0.1, 0.15) is 52.6 Å². The molecule has 1 aliphatic heterocycles. The molecule has 198 valence electrons. The molecule has 3 aromatic carbocycles. The molecule has 1 N–H and O–H groups in total. The summed E-state index contributed by atoms with van der Waals surface area (Å²) in [6.45, 7) is 3.93. The van der Waals surface area contributed by atoms with E-state index in [1.807, 2.05) is 0 Å². The molecule has 2 heterocycles. The highest BCUT2D eigenvalue weighted by Crippen LogP contribution is 2.41. The summed E-state index contributed by atoms with van der Waals surface area (Å²) in [5.41, 5.74) is -0.419. The van der Waals surface area contributed by atoms with E-state index in [1.54, 1.807) is 36.9 Å². The third-order valence-corrected chi connectivity index (χ3v) is 7.11. The number of nitrogens with zero attached hydrogens (tertiary/aromatic N) is 2. The Kier molecular flexibility index (Phi) is 6.04. The molecule has 0 radical (unpaired) electrons. The van der Waals surface area contributed by atoms with Gasteiger partial charge in [-0.3, -0.25) is 4.79 Å². The number of nitrogens with one attached hydrogen (secondary N) is 1. The normalized spacial score (nSPS) is 18.4. The number of benzene rings is 3. The van der Waals surface area contributed by atoms with Gasteiger partial charge in [-0.15, -0.1) is 0 Å². The van der Waals surface area contributed by atoms with Crippen LogP contribution >= 0.6 is 0 Å². The van der Waals surface area contributed by atoms with E-state index in [4.69, 9.17) is 0 Å². The lowest BCUT2D eigenvalue weighted by molar-refractivity contribution is -0.138. The molecule has 1 unspecified atom stereocenters. The number of aromatic nitrogens is 2. The van der Waals surface area contributed by atoms with Crippen LogP contribution in [0.15, 0.2) is 60.7 Å². The molecule has 1 atom stereocenters. The van der Waals surface area contributed by atoms with Crippen LogP contribution in [-0.4, -0.2) is 27.3 Å². The van der Waals surface area contributed by atoms with E-state index < -0.39 is 34.9 Å². The Labute approximate surface area is 214 Å².